The van der Waals surface area contributed by atoms with Gasteiger partial charge >= 0.3 is 18.9 Å². The van der Waals surface area contributed by atoms with Crippen LogP contribution in [0.2, 0.25) is 0 Å². The summed E-state index contributed by atoms with van der Waals surface area (Å²) in [6.45, 7) is 0. The van der Waals surface area contributed by atoms with Gasteiger partial charge in [-0.05, 0) is 0 Å². The molecule has 0 aliphatic carbocycles. The van der Waals surface area contributed by atoms with Gasteiger partial charge in [-0.1, -0.05) is 0 Å². The van der Waals surface area contributed by atoms with Gasteiger partial charge in [0.15, 0.2) is 0 Å². The molecule has 0 amide bonds. The van der Waals surface area contributed by atoms with E-state index in [4.69, 9.17) is 0 Å². The number of hydrogen-bond acceptors (Lipinski definition) is 4. The van der Waals surface area contributed by atoms with E-state index in [0.29, 0.717) is 11.0 Å². The standard InChI is InChI=1S/C8H7N3O2.Li/c1-11-4-10-6-3-9-2-5(7(6)11)8(12)13;/h2-4H,1H3,(H,12,13);/q;+1/p-1. The SMILES string of the molecule is Cn1cnc2cncc(C(=O)[O-])c21.[Li+]. The number of rotatable bonds is 1. The number of aryl methyl sites for hydroxylation is 1. The average molecular weight is 183 g/mol. The first kappa shape index (κ1) is 10.8. The molecular weight excluding hydrogens is 177 g/mol. The first-order valence-corrected chi connectivity index (χ1v) is 3.66. The summed E-state index contributed by atoms with van der Waals surface area (Å²) < 4.78 is 1.63. The average Bonchev–Trinajstić information content (AvgIpc) is 2.48. The predicted molar refractivity (Wildman–Crippen MR) is 42.8 cm³/mol. The van der Waals surface area contributed by atoms with Crippen LogP contribution in [0.4, 0.5) is 0 Å². The van der Waals surface area contributed by atoms with Crippen LogP contribution in [-0.2, 0) is 7.05 Å². The number of aromatic carboxylic acids is 1. The van der Waals surface area contributed by atoms with Crippen molar-refractivity contribution in [3.63, 3.8) is 0 Å². The molecule has 0 fully saturated rings. The van der Waals surface area contributed by atoms with Crippen LogP contribution in [0.3, 0.4) is 0 Å². The second-order valence-electron chi connectivity index (χ2n) is 2.70. The summed E-state index contributed by atoms with van der Waals surface area (Å²) >= 11 is 0. The predicted octanol–water partition coefficient (Wildman–Crippen LogP) is -3.66. The van der Waals surface area contributed by atoms with Crippen LogP contribution in [0.5, 0.6) is 0 Å². The van der Waals surface area contributed by atoms with Gasteiger partial charge in [0.2, 0.25) is 0 Å². The fourth-order valence-electron chi connectivity index (χ4n) is 1.26. The molecule has 0 saturated heterocycles. The smallest absolute Gasteiger partial charge is 0.545 e. The molecule has 0 saturated carbocycles. The fourth-order valence-corrected chi connectivity index (χ4v) is 1.26. The molecule has 0 bridgehead atoms. The molecular formula is C8H6LiN3O2. The zero-order valence-corrected chi connectivity index (χ0v) is 7.89. The molecule has 0 atom stereocenters. The van der Waals surface area contributed by atoms with Gasteiger partial charge in [-0.25, -0.2) is 4.98 Å². The molecule has 0 aliphatic heterocycles. The molecule has 0 aliphatic rings. The summed E-state index contributed by atoms with van der Waals surface area (Å²) in [6.07, 6.45) is 4.32. The number of carboxylic acid groups (broad SMARTS) is 1. The molecule has 2 aromatic rings. The molecule has 14 heavy (non-hydrogen) atoms. The Morgan fingerprint density at radius 2 is 2.21 bits per heavy atom. The Hall–Kier alpha value is -1.31. The van der Waals surface area contributed by atoms with Crippen molar-refractivity contribution in [1.29, 1.82) is 0 Å². The maximum atomic E-state index is 10.7. The number of imidazole rings is 1. The molecule has 5 nitrogen and oxygen atoms in total. The van der Waals surface area contributed by atoms with Crippen LogP contribution in [0.25, 0.3) is 11.0 Å². The van der Waals surface area contributed by atoms with Crippen molar-refractivity contribution in [2.75, 3.05) is 0 Å². The van der Waals surface area contributed by atoms with E-state index in [9.17, 15) is 9.90 Å². The minimum atomic E-state index is -1.23. The summed E-state index contributed by atoms with van der Waals surface area (Å²) in [5.41, 5.74) is 1.16. The van der Waals surface area contributed by atoms with Crippen molar-refractivity contribution in [3.8, 4) is 0 Å². The first-order valence-electron chi connectivity index (χ1n) is 3.66. The Morgan fingerprint density at radius 1 is 1.50 bits per heavy atom. The van der Waals surface area contributed by atoms with Gasteiger partial charge < -0.3 is 14.5 Å². The molecule has 66 valence electrons. The van der Waals surface area contributed by atoms with E-state index in [2.05, 4.69) is 9.97 Å². The summed E-state index contributed by atoms with van der Waals surface area (Å²) in [4.78, 5) is 18.4. The van der Waals surface area contributed by atoms with Gasteiger partial charge in [-0.15, -0.1) is 0 Å². The summed E-state index contributed by atoms with van der Waals surface area (Å²) in [6, 6.07) is 0. The zero-order chi connectivity index (χ0) is 9.42. The van der Waals surface area contributed by atoms with E-state index in [0.717, 1.165) is 0 Å². The number of carboxylic acids is 1. The summed E-state index contributed by atoms with van der Waals surface area (Å²) in [5, 5.41) is 10.7. The maximum absolute atomic E-state index is 10.7. The second-order valence-corrected chi connectivity index (χ2v) is 2.70. The Bertz CT molecular complexity index is 480. The van der Waals surface area contributed by atoms with Crippen LogP contribution in [-0.4, -0.2) is 20.5 Å². The van der Waals surface area contributed by atoms with Crippen molar-refractivity contribution in [1.82, 2.24) is 14.5 Å². The van der Waals surface area contributed by atoms with E-state index in [1.54, 1.807) is 17.9 Å². The van der Waals surface area contributed by atoms with Crippen LogP contribution in [0.1, 0.15) is 10.4 Å². The van der Waals surface area contributed by atoms with Gasteiger partial charge in [-0.2, -0.15) is 0 Å². The van der Waals surface area contributed by atoms with Crippen LogP contribution in [0.15, 0.2) is 18.7 Å². The second kappa shape index (κ2) is 3.82. The summed E-state index contributed by atoms with van der Waals surface area (Å²) in [7, 11) is 1.72. The number of aromatic nitrogens is 3. The van der Waals surface area contributed by atoms with Crippen LogP contribution >= 0.6 is 0 Å². The first-order chi connectivity index (χ1) is 6.20. The number of carbonyl (C=O) groups excluding carboxylic acids is 1. The van der Waals surface area contributed by atoms with Crippen LogP contribution < -0.4 is 24.0 Å². The number of pyridine rings is 1. The Balaban J connectivity index is 0.000000980. The van der Waals surface area contributed by atoms with E-state index in [-0.39, 0.29) is 24.4 Å². The third kappa shape index (κ3) is 1.52. The molecule has 0 unspecified atom stereocenters. The number of carbonyl (C=O) groups is 1. The zero-order valence-electron chi connectivity index (χ0n) is 7.89. The fraction of sp³-hybridized carbons (Fsp3) is 0.125. The Morgan fingerprint density at radius 3 is 2.86 bits per heavy atom. The van der Waals surface area contributed by atoms with Crippen molar-refractivity contribution in [3.05, 3.63) is 24.3 Å². The topological polar surface area (TPSA) is 70.8 Å². The van der Waals surface area contributed by atoms with E-state index in [1.165, 1.54) is 12.4 Å². The normalized spacial score (nSPS) is 9.79. The van der Waals surface area contributed by atoms with Gasteiger partial charge in [0.05, 0.1) is 24.0 Å². The van der Waals surface area contributed by atoms with E-state index in [1.807, 2.05) is 0 Å². The Kier molecular flexibility index (Phi) is 2.94. The van der Waals surface area contributed by atoms with Gasteiger partial charge in [0.25, 0.3) is 0 Å². The molecule has 0 N–H and O–H groups in total. The Labute approximate surface area is 92.0 Å². The van der Waals surface area contributed by atoms with E-state index >= 15 is 0 Å². The third-order valence-electron chi connectivity index (χ3n) is 1.84. The van der Waals surface area contributed by atoms with Crippen LogP contribution in [0, 0.1) is 0 Å². The monoisotopic (exact) mass is 183 g/mol. The molecule has 0 spiro atoms. The third-order valence-corrected chi connectivity index (χ3v) is 1.84. The molecule has 0 aromatic carbocycles. The van der Waals surface area contributed by atoms with Crippen molar-refractivity contribution >= 4 is 17.0 Å². The minimum absolute atomic E-state index is 0. The van der Waals surface area contributed by atoms with Crippen molar-refractivity contribution in [2.24, 2.45) is 7.05 Å². The van der Waals surface area contributed by atoms with Gasteiger partial charge in [-0.3, -0.25) is 4.98 Å². The van der Waals surface area contributed by atoms with Crippen molar-refractivity contribution < 1.29 is 28.8 Å². The quantitative estimate of drug-likeness (QED) is 0.427. The molecule has 2 rings (SSSR count). The minimum Gasteiger partial charge on any atom is -0.545 e. The summed E-state index contributed by atoms with van der Waals surface area (Å²) in [5.74, 6) is -1.23. The molecule has 6 heteroatoms. The molecule has 2 heterocycles. The number of nitrogens with zero attached hydrogens (tertiary/aromatic N) is 3. The molecule has 0 radical (unpaired) electrons. The maximum Gasteiger partial charge on any atom is 1.00 e. The number of fused-ring (bicyclic) bond motifs is 1. The van der Waals surface area contributed by atoms with Crippen molar-refractivity contribution in [2.45, 2.75) is 0 Å². The van der Waals surface area contributed by atoms with Gasteiger partial charge in [0, 0.05) is 18.8 Å². The van der Waals surface area contributed by atoms with Gasteiger partial charge in [0.1, 0.15) is 5.52 Å². The largest absolute Gasteiger partial charge is 1.00 e. The molecule has 2 aromatic heterocycles. The van der Waals surface area contributed by atoms with E-state index < -0.39 is 5.97 Å². The number of hydrogen-bond donors (Lipinski definition) is 0.